The maximum Gasteiger partial charge on any atom is 0.161 e. The summed E-state index contributed by atoms with van der Waals surface area (Å²) in [5.41, 5.74) is 1.20. The Bertz CT molecular complexity index is 526. The Morgan fingerprint density at radius 3 is 2.71 bits per heavy atom. The van der Waals surface area contributed by atoms with E-state index in [1.807, 2.05) is 30.9 Å². The molecule has 0 fully saturated rings. The van der Waals surface area contributed by atoms with Crippen LogP contribution in [0.25, 0.3) is 0 Å². The van der Waals surface area contributed by atoms with Gasteiger partial charge in [-0.2, -0.15) is 0 Å². The van der Waals surface area contributed by atoms with Gasteiger partial charge in [-0.15, -0.1) is 0 Å². The first-order chi connectivity index (χ1) is 10.3. The lowest BCUT2D eigenvalue weighted by Gasteiger charge is -2.10. The van der Waals surface area contributed by atoms with Gasteiger partial charge < -0.3 is 19.4 Å². The Balaban J connectivity index is 1.66. The second kappa shape index (κ2) is 8.32. The van der Waals surface area contributed by atoms with Gasteiger partial charge in [0.05, 0.1) is 20.5 Å². The molecule has 5 heteroatoms. The molecule has 1 N–H and O–H groups in total. The maximum absolute atomic E-state index is 5.30. The summed E-state index contributed by atoms with van der Waals surface area (Å²) in [6.45, 7) is 2.87. The highest BCUT2D eigenvalue weighted by Crippen LogP contribution is 2.27. The molecule has 1 heterocycles. The molecule has 0 aliphatic rings. The van der Waals surface area contributed by atoms with Crippen molar-refractivity contribution in [2.75, 3.05) is 20.8 Å². The van der Waals surface area contributed by atoms with Crippen LogP contribution in [0.2, 0.25) is 0 Å². The zero-order valence-electron chi connectivity index (χ0n) is 12.7. The van der Waals surface area contributed by atoms with Crippen LogP contribution in [0.15, 0.2) is 36.9 Å². The van der Waals surface area contributed by atoms with E-state index in [0.29, 0.717) is 0 Å². The predicted octanol–water partition coefficient (Wildman–Crippen LogP) is 2.47. The van der Waals surface area contributed by atoms with Gasteiger partial charge in [-0.3, -0.25) is 0 Å². The van der Waals surface area contributed by atoms with Crippen molar-refractivity contribution in [3.63, 3.8) is 0 Å². The lowest BCUT2D eigenvalue weighted by molar-refractivity contribution is 0.354. The molecular formula is C16H23N3O2. The van der Waals surface area contributed by atoms with E-state index in [1.165, 1.54) is 5.56 Å². The predicted molar refractivity (Wildman–Crippen MR) is 82.7 cm³/mol. The third-order valence-corrected chi connectivity index (χ3v) is 3.36. The molecule has 0 aliphatic heterocycles. The summed E-state index contributed by atoms with van der Waals surface area (Å²) in [6.07, 6.45) is 7.96. The molecule has 0 unspecified atom stereocenters. The molecule has 114 valence electrons. The van der Waals surface area contributed by atoms with Gasteiger partial charge in [0, 0.05) is 25.5 Å². The molecule has 0 amide bonds. The number of aromatic nitrogens is 2. The number of unbranched alkanes of at least 4 members (excludes halogenated alkanes) is 1. The number of nitrogens with zero attached hydrogens (tertiary/aromatic N) is 2. The Kier molecular flexibility index (Phi) is 6.09. The zero-order valence-corrected chi connectivity index (χ0v) is 12.7. The Labute approximate surface area is 125 Å². The zero-order chi connectivity index (χ0) is 14.9. The monoisotopic (exact) mass is 289 g/mol. The van der Waals surface area contributed by atoms with E-state index in [9.17, 15) is 0 Å². The molecule has 5 nitrogen and oxygen atoms in total. The van der Waals surface area contributed by atoms with Gasteiger partial charge in [-0.25, -0.2) is 4.98 Å². The quantitative estimate of drug-likeness (QED) is 0.720. The number of ether oxygens (including phenoxy) is 2. The Morgan fingerprint density at radius 1 is 1.14 bits per heavy atom. The highest BCUT2D eigenvalue weighted by atomic mass is 16.5. The number of aryl methyl sites for hydroxylation is 1. The maximum atomic E-state index is 5.30. The minimum atomic E-state index is 0.765. The van der Waals surface area contributed by atoms with Crippen LogP contribution >= 0.6 is 0 Å². The second-order valence-corrected chi connectivity index (χ2v) is 4.87. The van der Waals surface area contributed by atoms with Gasteiger partial charge in [0.2, 0.25) is 0 Å². The standard InChI is InChI=1S/C16H23N3O2/c1-20-15-6-5-14(11-16(15)21-2)12-17-7-3-4-9-19-10-8-18-13-19/h5-6,8,10-11,13,17H,3-4,7,9,12H2,1-2H3. The highest BCUT2D eigenvalue weighted by Gasteiger charge is 2.03. The molecule has 21 heavy (non-hydrogen) atoms. The van der Waals surface area contributed by atoms with Crippen molar-refractivity contribution in [2.24, 2.45) is 0 Å². The van der Waals surface area contributed by atoms with Crippen molar-refractivity contribution >= 4 is 0 Å². The van der Waals surface area contributed by atoms with E-state index >= 15 is 0 Å². The van der Waals surface area contributed by atoms with Gasteiger partial charge in [0.1, 0.15) is 0 Å². The van der Waals surface area contributed by atoms with Crippen LogP contribution in [0.3, 0.4) is 0 Å². The lowest BCUT2D eigenvalue weighted by Crippen LogP contribution is -2.15. The average Bonchev–Trinajstić information content (AvgIpc) is 3.03. The van der Waals surface area contributed by atoms with Gasteiger partial charge >= 0.3 is 0 Å². The van der Waals surface area contributed by atoms with E-state index < -0.39 is 0 Å². The number of nitrogens with one attached hydrogen (secondary N) is 1. The topological polar surface area (TPSA) is 48.3 Å². The SMILES string of the molecule is COc1ccc(CNCCCCn2ccnc2)cc1OC. The summed E-state index contributed by atoms with van der Waals surface area (Å²) in [4.78, 5) is 4.03. The number of benzene rings is 1. The van der Waals surface area contributed by atoms with Crippen molar-refractivity contribution in [3.05, 3.63) is 42.5 Å². The van der Waals surface area contributed by atoms with Crippen LogP contribution < -0.4 is 14.8 Å². The summed E-state index contributed by atoms with van der Waals surface area (Å²) >= 11 is 0. The molecule has 0 aliphatic carbocycles. The van der Waals surface area contributed by atoms with Gasteiger partial charge in [-0.05, 0) is 37.1 Å². The molecule has 1 aromatic heterocycles. The molecule has 0 saturated heterocycles. The second-order valence-electron chi connectivity index (χ2n) is 4.87. The summed E-state index contributed by atoms with van der Waals surface area (Å²) in [6, 6.07) is 6.01. The summed E-state index contributed by atoms with van der Waals surface area (Å²) in [5, 5.41) is 3.45. The molecule has 0 radical (unpaired) electrons. The molecule has 0 bridgehead atoms. The van der Waals surface area contributed by atoms with Crippen LogP contribution in [0.4, 0.5) is 0 Å². The number of hydrogen-bond acceptors (Lipinski definition) is 4. The lowest BCUT2D eigenvalue weighted by atomic mass is 10.2. The minimum absolute atomic E-state index is 0.765. The molecule has 2 aromatic rings. The van der Waals surface area contributed by atoms with Crippen LogP contribution in [-0.4, -0.2) is 30.3 Å². The van der Waals surface area contributed by atoms with Gasteiger partial charge in [-0.1, -0.05) is 6.07 Å². The number of methoxy groups -OCH3 is 2. The number of hydrogen-bond donors (Lipinski definition) is 1. The van der Waals surface area contributed by atoms with Gasteiger partial charge in [0.25, 0.3) is 0 Å². The molecular weight excluding hydrogens is 266 g/mol. The van der Waals surface area contributed by atoms with E-state index in [-0.39, 0.29) is 0 Å². The third-order valence-electron chi connectivity index (χ3n) is 3.36. The largest absolute Gasteiger partial charge is 0.493 e. The van der Waals surface area contributed by atoms with E-state index in [4.69, 9.17) is 9.47 Å². The average molecular weight is 289 g/mol. The molecule has 0 saturated carbocycles. The summed E-state index contributed by atoms with van der Waals surface area (Å²) in [7, 11) is 3.31. The van der Waals surface area contributed by atoms with Crippen LogP contribution in [0, 0.1) is 0 Å². The summed E-state index contributed by atoms with van der Waals surface area (Å²) in [5.74, 6) is 1.54. The first-order valence-corrected chi connectivity index (χ1v) is 7.21. The van der Waals surface area contributed by atoms with Crippen molar-refractivity contribution in [2.45, 2.75) is 25.9 Å². The van der Waals surface area contributed by atoms with Crippen molar-refractivity contribution in [1.29, 1.82) is 0 Å². The Morgan fingerprint density at radius 2 is 2.00 bits per heavy atom. The normalized spacial score (nSPS) is 10.6. The molecule has 2 rings (SSSR count). The Hall–Kier alpha value is -2.01. The van der Waals surface area contributed by atoms with Crippen LogP contribution in [0.5, 0.6) is 11.5 Å². The number of rotatable bonds is 9. The summed E-state index contributed by atoms with van der Waals surface area (Å²) < 4.78 is 12.6. The first-order valence-electron chi connectivity index (χ1n) is 7.21. The molecule has 0 spiro atoms. The van der Waals surface area contributed by atoms with Gasteiger partial charge in [0.15, 0.2) is 11.5 Å². The molecule has 1 aromatic carbocycles. The highest BCUT2D eigenvalue weighted by molar-refractivity contribution is 5.42. The van der Waals surface area contributed by atoms with Crippen molar-refractivity contribution < 1.29 is 9.47 Å². The molecule has 0 atom stereocenters. The fraction of sp³-hybridized carbons (Fsp3) is 0.438. The van der Waals surface area contributed by atoms with Crippen molar-refractivity contribution in [3.8, 4) is 11.5 Å². The van der Waals surface area contributed by atoms with E-state index in [2.05, 4.69) is 20.9 Å². The van der Waals surface area contributed by atoms with Crippen LogP contribution in [0.1, 0.15) is 18.4 Å². The van der Waals surface area contributed by atoms with Crippen LogP contribution in [-0.2, 0) is 13.1 Å². The first kappa shape index (κ1) is 15.4. The fourth-order valence-electron chi connectivity index (χ4n) is 2.19. The number of imidazole rings is 1. The van der Waals surface area contributed by atoms with E-state index in [0.717, 1.165) is 44.0 Å². The van der Waals surface area contributed by atoms with E-state index in [1.54, 1.807) is 14.2 Å². The fourth-order valence-corrected chi connectivity index (χ4v) is 2.19. The minimum Gasteiger partial charge on any atom is -0.493 e. The third kappa shape index (κ3) is 4.79. The van der Waals surface area contributed by atoms with Crippen molar-refractivity contribution in [1.82, 2.24) is 14.9 Å². The smallest absolute Gasteiger partial charge is 0.161 e.